The first-order valence-electron chi connectivity index (χ1n) is 7.48. The summed E-state index contributed by atoms with van der Waals surface area (Å²) in [4.78, 5) is 26.6. The van der Waals surface area contributed by atoms with Crippen molar-refractivity contribution in [2.45, 2.75) is 0 Å². The number of fused-ring (bicyclic) bond motifs is 1. The van der Waals surface area contributed by atoms with E-state index in [0.29, 0.717) is 21.5 Å². The van der Waals surface area contributed by atoms with Gasteiger partial charge in [0.05, 0.1) is 15.5 Å². The molecule has 0 aliphatic carbocycles. The normalized spacial score (nSPS) is 16.4. The van der Waals surface area contributed by atoms with Crippen molar-refractivity contribution in [3.05, 3.63) is 66.8 Å². The van der Waals surface area contributed by atoms with Gasteiger partial charge in [-0.15, -0.1) is 0 Å². The number of rotatable bonds is 3. The molecule has 2 aromatic rings. The molecule has 2 heterocycles. The van der Waals surface area contributed by atoms with Gasteiger partial charge in [0.25, 0.3) is 5.69 Å². The van der Waals surface area contributed by atoms with E-state index in [1.54, 1.807) is 12.1 Å². The van der Waals surface area contributed by atoms with Crippen LogP contribution in [0.2, 0.25) is 5.02 Å². The monoisotopic (exact) mass is 450 g/mol. The molecular weight excluding hydrogens is 444 g/mol. The Balaban J connectivity index is 1.70. The van der Waals surface area contributed by atoms with Gasteiger partial charge < -0.3 is 14.2 Å². The Morgan fingerprint density at radius 3 is 2.67 bits per heavy atom. The molecule has 2 aliphatic heterocycles. The van der Waals surface area contributed by atoms with Crippen LogP contribution < -0.4 is 9.47 Å². The summed E-state index contributed by atoms with van der Waals surface area (Å²) in [6.07, 6.45) is 1.53. The first-order chi connectivity index (χ1) is 12.9. The first-order valence-corrected chi connectivity index (χ1v) is 8.65. The number of aliphatic imine (C=N–C) groups is 1. The summed E-state index contributed by atoms with van der Waals surface area (Å²) >= 11 is 9.47. The average molecular weight is 452 g/mol. The molecule has 0 atom stereocenters. The quantitative estimate of drug-likeness (QED) is 0.302. The van der Waals surface area contributed by atoms with Crippen molar-refractivity contribution in [3.63, 3.8) is 0 Å². The molecule has 0 radical (unpaired) electrons. The van der Waals surface area contributed by atoms with Crippen molar-refractivity contribution in [1.82, 2.24) is 0 Å². The van der Waals surface area contributed by atoms with Gasteiger partial charge in [0.2, 0.25) is 12.7 Å². The van der Waals surface area contributed by atoms with Gasteiger partial charge in [-0.25, -0.2) is 9.79 Å². The number of ether oxygens (including phenoxy) is 3. The largest absolute Gasteiger partial charge is 0.454 e. The van der Waals surface area contributed by atoms with Gasteiger partial charge in [0.1, 0.15) is 0 Å². The maximum atomic E-state index is 12.2. The fourth-order valence-electron chi connectivity index (χ4n) is 2.51. The van der Waals surface area contributed by atoms with Crippen LogP contribution in [0, 0.1) is 10.1 Å². The number of carbonyl (C=O) groups is 1. The van der Waals surface area contributed by atoms with Crippen molar-refractivity contribution in [3.8, 4) is 11.5 Å². The third-order valence-electron chi connectivity index (χ3n) is 3.80. The summed E-state index contributed by atoms with van der Waals surface area (Å²) in [5.74, 6) is 0.464. The Hall–Kier alpha value is -2.91. The minimum atomic E-state index is -0.663. The third kappa shape index (κ3) is 3.26. The number of hydrogen-bond acceptors (Lipinski definition) is 7. The van der Waals surface area contributed by atoms with Gasteiger partial charge in [-0.2, -0.15) is 0 Å². The molecule has 0 fully saturated rings. The van der Waals surface area contributed by atoms with Crippen molar-refractivity contribution in [2.24, 2.45) is 4.99 Å². The van der Waals surface area contributed by atoms with Crippen LogP contribution in [-0.2, 0) is 9.53 Å². The van der Waals surface area contributed by atoms with Crippen LogP contribution in [0.4, 0.5) is 5.69 Å². The van der Waals surface area contributed by atoms with Crippen molar-refractivity contribution in [1.29, 1.82) is 0 Å². The molecule has 2 aliphatic rings. The number of benzene rings is 2. The van der Waals surface area contributed by atoms with E-state index in [0.717, 1.165) is 0 Å². The number of hydrogen-bond donors (Lipinski definition) is 0. The number of cyclic esters (lactones) is 1. The fourth-order valence-corrected chi connectivity index (χ4v) is 3.20. The fraction of sp³-hybridized carbons (Fsp3) is 0.0588. The van der Waals surface area contributed by atoms with Gasteiger partial charge >= 0.3 is 5.97 Å². The molecule has 0 spiro atoms. The lowest BCUT2D eigenvalue weighted by atomic mass is 10.1. The number of nitrogens with zero attached hydrogens (tertiary/aromatic N) is 2. The lowest BCUT2D eigenvalue weighted by Gasteiger charge is -2.02. The van der Waals surface area contributed by atoms with Crippen molar-refractivity contribution in [2.75, 3.05) is 6.79 Å². The van der Waals surface area contributed by atoms with Gasteiger partial charge in [-0.1, -0.05) is 27.5 Å². The van der Waals surface area contributed by atoms with Crippen molar-refractivity contribution < 1.29 is 23.9 Å². The SMILES string of the molecule is O=C1OC(c2ccc([N+](=O)[O-])cc2Cl)=N/C1=C\c1cc2c(cc1Br)OCO2. The molecule has 4 rings (SSSR count). The van der Waals surface area contributed by atoms with Crippen LogP contribution in [0.5, 0.6) is 11.5 Å². The zero-order valence-electron chi connectivity index (χ0n) is 13.3. The minimum absolute atomic E-state index is 0.0250. The molecule has 8 nitrogen and oxygen atoms in total. The molecule has 2 aromatic carbocycles. The Labute approximate surface area is 165 Å². The summed E-state index contributed by atoms with van der Waals surface area (Å²) in [5.41, 5.74) is 0.808. The smallest absolute Gasteiger partial charge is 0.363 e. The van der Waals surface area contributed by atoms with Crippen LogP contribution in [0.1, 0.15) is 11.1 Å². The van der Waals surface area contributed by atoms with E-state index in [-0.39, 0.29) is 34.7 Å². The maximum absolute atomic E-state index is 12.2. The second kappa shape index (κ2) is 6.67. The molecule has 0 saturated carbocycles. The maximum Gasteiger partial charge on any atom is 0.363 e. The molecule has 10 heteroatoms. The number of halogens is 2. The predicted molar refractivity (Wildman–Crippen MR) is 99.0 cm³/mol. The summed E-state index contributed by atoms with van der Waals surface area (Å²) in [6.45, 7) is 0.130. The highest BCUT2D eigenvalue weighted by atomic mass is 79.9. The second-order valence-electron chi connectivity index (χ2n) is 5.48. The molecule has 136 valence electrons. The average Bonchev–Trinajstić information content (AvgIpc) is 3.21. The number of nitro benzene ring substituents is 1. The van der Waals surface area contributed by atoms with Crippen LogP contribution >= 0.6 is 27.5 Å². The summed E-state index contributed by atoms with van der Waals surface area (Å²) in [6, 6.07) is 7.25. The lowest BCUT2D eigenvalue weighted by Crippen LogP contribution is -2.06. The molecule has 0 unspecified atom stereocenters. The summed E-state index contributed by atoms with van der Waals surface area (Å²) < 4.78 is 16.5. The number of esters is 1. The molecule has 0 saturated heterocycles. The number of non-ortho nitro benzene ring substituents is 1. The molecule has 0 amide bonds. The lowest BCUT2D eigenvalue weighted by molar-refractivity contribution is -0.384. The topological polar surface area (TPSA) is 100 Å². The zero-order chi connectivity index (χ0) is 19.1. The molecule has 0 bridgehead atoms. The van der Waals surface area contributed by atoms with E-state index in [1.165, 1.54) is 24.3 Å². The van der Waals surface area contributed by atoms with E-state index >= 15 is 0 Å². The Bertz CT molecular complexity index is 1070. The van der Waals surface area contributed by atoms with Crippen LogP contribution in [0.25, 0.3) is 6.08 Å². The third-order valence-corrected chi connectivity index (χ3v) is 4.80. The van der Waals surface area contributed by atoms with Gasteiger partial charge in [-0.05, 0) is 29.8 Å². The summed E-state index contributed by atoms with van der Waals surface area (Å²) in [7, 11) is 0. The molecule has 0 aromatic heterocycles. The standard InChI is InChI=1S/C17H8BrClN2O6/c18-11-6-15-14(25-7-26-15)4-8(11)3-13-17(22)27-16(20-13)10-2-1-9(21(23)24)5-12(10)19/h1-6H,7H2/b13-3-. The highest BCUT2D eigenvalue weighted by molar-refractivity contribution is 9.10. The highest BCUT2D eigenvalue weighted by Gasteiger charge is 2.27. The van der Waals surface area contributed by atoms with Crippen molar-refractivity contribution >= 4 is 51.2 Å². The van der Waals surface area contributed by atoms with E-state index in [9.17, 15) is 14.9 Å². The number of nitro groups is 1. The number of carbonyl (C=O) groups excluding carboxylic acids is 1. The molecule has 27 heavy (non-hydrogen) atoms. The zero-order valence-corrected chi connectivity index (χ0v) is 15.6. The van der Waals surface area contributed by atoms with E-state index in [1.807, 2.05) is 0 Å². The first kappa shape index (κ1) is 17.5. The minimum Gasteiger partial charge on any atom is -0.454 e. The molecular formula is C17H8BrClN2O6. The van der Waals surface area contributed by atoms with Gasteiger partial charge in [0, 0.05) is 16.6 Å². The highest BCUT2D eigenvalue weighted by Crippen LogP contribution is 2.38. The van der Waals surface area contributed by atoms with Crippen LogP contribution in [-0.4, -0.2) is 23.6 Å². The van der Waals surface area contributed by atoms with Gasteiger partial charge in [0.15, 0.2) is 17.2 Å². The van der Waals surface area contributed by atoms with Crippen LogP contribution in [0.3, 0.4) is 0 Å². The Morgan fingerprint density at radius 1 is 1.22 bits per heavy atom. The Morgan fingerprint density at radius 2 is 1.96 bits per heavy atom. The molecule has 0 N–H and O–H groups in total. The van der Waals surface area contributed by atoms with Gasteiger partial charge in [-0.3, -0.25) is 10.1 Å². The van der Waals surface area contributed by atoms with E-state index < -0.39 is 10.9 Å². The van der Waals surface area contributed by atoms with E-state index in [2.05, 4.69) is 20.9 Å². The Kier molecular flexibility index (Phi) is 4.33. The van der Waals surface area contributed by atoms with E-state index in [4.69, 9.17) is 25.8 Å². The van der Waals surface area contributed by atoms with Crippen LogP contribution in [0.15, 0.2) is 45.5 Å². The predicted octanol–water partition coefficient (Wildman–Crippen LogP) is 4.08. The second-order valence-corrected chi connectivity index (χ2v) is 6.75. The summed E-state index contributed by atoms with van der Waals surface area (Å²) in [5, 5.41) is 10.9.